The average Bonchev–Trinajstić information content (AvgIpc) is 3.43. The monoisotopic (exact) mass is 486 g/mol. The highest BCUT2D eigenvalue weighted by atomic mass is 16.5. The number of fused-ring (bicyclic) bond motifs is 1. The first-order valence-corrected chi connectivity index (χ1v) is 12.7. The number of nitrogens with one attached hydrogen (secondary N) is 2. The van der Waals surface area contributed by atoms with Crippen molar-refractivity contribution in [3.63, 3.8) is 0 Å². The average molecular weight is 487 g/mol. The molecule has 1 fully saturated rings. The minimum atomic E-state index is -0.210. The SMILES string of the molecule is CC(C)NC(=O)Nc1ccc(-c2c(N)c3cc(OCCCn4ccnc4)ccc3n2C2CCC2)cc1. The van der Waals surface area contributed by atoms with Crippen molar-refractivity contribution >= 4 is 28.3 Å². The number of carbonyl (C=O) groups excluding carboxylic acids is 1. The minimum absolute atomic E-state index is 0.0767. The van der Waals surface area contributed by atoms with Crippen LogP contribution in [0.3, 0.4) is 0 Å². The molecule has 0 aliphatic heterocycles. The largest absolute Gasteiger partial charge is 0.494 e. The van der Waals surface area contributed by atoms with Gasteiger partial charge < -0.3 is 30.2 Å². The highest BCUT2D eigenvalue weighted by molar-refractivity contribution is 6.02. The van der Waals surface area contributed by atoms with Gasteiger partial charge in [0.25, 0.3) is 0 Å². The van der Waals surface area contributed by atoms with Gasteiger partial charge in [0.15, 0.2) is 0 Å². The van der Waals surface area contributed by atoms with Crippen LogP contribution in [-0.2, 0) is 6.54 Å². The van der Waals surface area contributed by atoms with E-state index in [1.165, 1.54) is 6.42 Å². The lowest BCUT2D eigenvalue weighted by Crippen LogP contribution is -2.34. The quantitative estimate of drug-likeness (QED) is 0.260. The Bertz CT molecular complexity index is 1320. The number of hydrogen-bond acceptors (Lipinski definition) is 4. The van der Waals surface area contributed by atoms with E-state index in [0.29, 0.717) is 12.6 Å². The molecule has 4 aromatic rings. The Morgan fingerprint density at radius 1 is 1.19 bits per heavy atom. The second-order valence-corrected chi connectivity index (χ2v) is 9.73. The molecule has 1 aliphatic rings. The van der Waals surface area contributed by atoms with Crippen molar-refractivity contribution in [2.24, 2.45) is 0 Å². The molecule has 0 atom stereocenters. The fraction of sp³-hybridized carbons (Fsp3) is 0.357. The van der Waals surface area contributed by atoms with Crippen LogP contribution in [0.5, 0.6) is 5.75 Å². The molecule has 0 spiro atoms. The van der Waals surface area contributed by atoms with Gasteiger partial charge in [-0.05, 0) is 69.9 Å². The molecule has 2 amide bonds. The third kappa shape index (κ3) is 5.03. The van der Waals surface area contributed by atoms with Gasteiger partial charge in [-0.2, -0.15) is 0 Å². The maximum Gasteiger partial charge on any atom is 0.319 e. The number of rotatable bonds is 9. The molecule has 36 heavy (non-hydrogen) atoms. The van der Waals surface area contributed by atoms with Crippen LogP contribution in [0.25, 0.3) is 22.2 Å². The Hall–Kier alpha value is -3.94. The van der Waals surface area contributed by atoms with E-state index in [2.05, 4.69) is 32.3 Å². The van der Waals surface area contributed by atoms with Gasteiger partial charge in [0, 0.05) is 47.7 Å². The molecule has 0 saturated heterocycles. The molecule has 8 nitrogen and oxygen atoms in total. The van der Waals surface area contributed by atoms with Gasteiger partial charge in [0.1, 0.15) is 5.75 Å². The third-order valence-corrected chi connectivity index (χ3v) is 6.68. The van der Waals surface area contributed by atoms with Crippen molar-refractivity contribution in [1.82, 2.24) is 19.4 Å². The minimum Gasteiger partial charge on any atom is -0.494 e. The molecular formula is C28H34N6O2. The van der Waals surface area contributed by atoms with Crippen LogP contribution >= 0.6 is 0 Å². The first-order valence-electron chi connectivity index (χ1n) is 12.7. The Balaban J connectivity index is 1.38. The van der Waals surface area contributed by atoms with Crippen molar-refractivity contribution in [1.29, 1.82) is 0 Å². The van der Waals surface area contributed by atoms with E-state index in [-0.39, 0.29) is 12.1 Å². The lowest BCUT2D eigenvalue weighted by Gasteiger charge is -2.30. The second-order valence-electron chi connectivity index (χ2n) is 9.73. The Kier molecular flexibility index (Phi) is 6.84. The summed E-state index contributed by atoms with van der Waals surface area (Å²) in [7, 11) is 0. The number of aryl methyl sites for hydroxylation is 1. The number of urea groups is 1. The van der Waals surface area contributed by atoms with Gasteiger partial charge in [-0.15, -0.1) is 0 Å². The molecule has 0 bridgehead atoms. The van der Waals surface area contributed by atoms with Crippen molar-refractivity contribution < 1.29 is 9.53 Å². The molecule has 8 heteroatoms. The number of aromatic nitrogens is 3. The van der Waals surface area contributed by atoms with Crippen LogP contribution in [0.4, 0.5) is 16.2 Å². The van der Waals surface area contributed by atoms with Crippen LogP contribution < -0.4 is 21.1 Å². The molecule has 2 aromatic carbocycles. The zero-order chi connectivity index (χ0) is 25.1. The molecule has 5 rings (SSSR count). The lowest BCUT2D eigenvalue weighted by atomic mass is 9.92. The number of nitrogen functional groups attached to an aromatic ring is 1. The summed E-state index contributed by atoms with van der Waals surface area (Å²) < 4.78 is 10.5. The Morgan fingerprint density at radius 2 is 2.00 bits per heavy atom. The number of nitrogens with zero attached hydrogens (tertiary/aromatic N) is 3. The summed E-state index contributed by atoms with van der Waals surface area (Å²) >= 11 is 0. The van der Waals surface area contributed by atoms with Crippen LogP contribution in [-0.4, -0.2) is 32.8 Å². The number of imidazole rings is 1. The number of hydrogen-bond donors (Lipinski definition) is 3. The van der Waals surface area contributed by atoms with Gasteiger partial charge in [-0.1, -0.05) is 12.1 Å². The van der Waals surface area contributed by atoms with Gasteiger partial charge >= 0.3 is 6.03 Å². The van der Waals surface area contributed by atoms with Crippen molar-refractivity contribution in [2.75, 3.05) is 17.7 Å². The van der Waals surface area contributed by atoms with Crippen molar-refractivity contribution in [2.45, 2.75) is 58.2 Å². The van der Waals surface area contributed by atoms with E-state index in [0.717, 1.165) is 65.1 Å². The van der Waals surface area contributed by atoms with E-state index in [4.69, 9.17) is 10.5 Å². The summed E-state index contributed by atoms with van der Waals surface area (Å²) in [5, 5.41) is 6.74. The number of nitrogens with two attached hydrogens (primary N) is 1. The van der Waals surface area contributed by atoms with E-state index in [1.807, 2.05) is 61.3 Å². The predicted molar refractivity (Wildman–Crippen MR) is 144 cm³/mol. The number of anilines is 2. The van der Waals surface area contributed by atoms with E-state index >= 15 is 0 Å². The number of amides is 2. The normalized spacial score (nSPS) is 13.6. The summed E-state index contributed by atoms with van der Waals surface area (Å²) in [6, 6.07) is 14.4. The number of ether oxygens (including phenoxy) is 1. The van der Waals surface area contributed by atoms with E-state index in [1.54, 1.807) is 6.20 Å². The van der Waals surface area contributed by atoms with E-state index in [9.17, 15) is 4.79 Å². The smallest absolute Gasteiger partial charge is 0.319 e. The molecule has 4 N–H and O–H groups in total. The third-order valence-electron chi connectivity index (χ3n) is 6.68. The molecule has 0 unspecified atom stereocenters. The van der Waals surface area contributed by atoms with Crippen LogP contribution in [0.2, 0.25) is 0 Å². The highest BCUT2D eigenvalue weighted by Crippen LogP contribution is 2.44. The fourth-order valence-electron chi connectivity index (χ4n) is 4.72. The topological polar surface area (TPSA) is 99.1 Å². The number of carbonyl (C=O) groups is 1. The van der Waals surface area contributed by atoms with E-state index < -0.39 is 0 Å². The molecule has 188 valence electrons. The summed E-state index contributed by atoms with van der Waals surface area (Å²) in [5.41, 5.74) is 11.5. The van der Waals surface area contributed by atoms with Gasteiger partial charge in [-0.25, -0.2) is 9.78 Å². The van der Waals surface area contributed by atoms with Gasteiger partial charge in [-0.3, -0.25) is 0 Å². The molecule has 2 heterocycles. The summed E-state index contributed by atoms with van der Waals surface area (Å²) in [6.45, 7) is 5.36. The predicted octanol–water partition coefficient (Wildman–Crippen LogP) is 5.81. The number of benzene rings is 2. The molecule has 0 radical (unpaired) electrons. The highest BCUT2D eigenvalue weighted by Gasteiger charge is 2.27. The Labute approximate surface area is 211 Å². The van der Waals surface area contributed by atoms with Crippen LogP contribution in [0.1, 0.15) is 45.6 Å². The van der Waals surface area contributed by atoms with Gasteiger partial charge in [0.2, 0.25) is 0 Å². The van der Waals surface area contributed by atoms with Gasteiger partial charge in [0.05, 0.1) is 29.8 Å². The summed E-state index contributed by atoms with van der Waals surface area (Å²) in [6.07, 6.45) is 10.00. The first kappa shape index (κ1) is 23.8. The molecular weight excluding hydrogens is 452 g/mol. The molecule has 2 aromatic heterocycles. The summed E-state index contributed by atoms with van der Waals surface area (Å²) in [4.78, 5) is 16.1. The maximum absolute atomic E-state index is 12.1. The van der Waals surface area contributed by atoms with Crippen LogP contribution in [0.15, 0.2) is 61.2 Å². The zero-order valence-corrected chi connectivity index (χ0v) is 20.9. The standard InChI is InChI=1S/C28H34N6O2/c1-19(2)31-28(35)32-21-9-7-20(8-10-21)27-26(29)24-17-23(36-16-4-14-33-15-13-30-18-33)11-12-25(24)34(27)22-5-3-6-22/h7-13,15,17-19,22H,3-6,14,16,29H2,1-2H3,(H2,31,32,35). The Morgan fingerprint density at radius 3 is 2.67 bits per heavy atom. The lowest BCUT2D eigenvalue weighted by molar-refractivity contribution is 0.250. The molecule has 1 aliphatic carbocycles. The van der Waals surface area contributed by atoms with Crippen LogP contribution in [0, 0.1) is 0 Å². The second kappa shape index (κ2) is 10.4. The molecule has 1 saturated carbocycles. The van der Waals surface area contributed by atoms with Crippen molar-refractivity contribution in [3.05, 3.63) is 61.2 Å². The fourth-order valence-corrected chi connectivity index (χ4v) is 4.72. The first-order chi connectivity index (χ1) is 17.5. The summed E-state index contributed by atoms with van der Waals surface area (Å²) in [5.74, 6) is 0.827. The zero-order valence-electron chi connectivity index (χ0n) is 20.9. The maximum atomic E-state index is 12.1. The van der Waals surface area contributed by atoms with Crippen molar-refractivity contribution in [3.8, 4) is 17.0 Å².